The van der Waals surface area contributed by atoms with E-state index in [-0.39, 0.29) is 5.89 Å². The number of hydrogen-bond acceptors (Lipinski definition) is 4. The van der Waals surface area contributed by atoms with Crippen molar-refractivity contribution in [2.24, 2.45) is 0 Å². The predicted octanol–water partition coefficient (Wildman–Crippen LogP) is 0.101. The highest BCUT2D eigenvalue weighted by atomic mass is 16.4. The van der Waals surface area contributed by atoms with Gasteiger partial charge in [-0.1, -0.05) is 0 Å². The zero-order valence-electron chi connectivity index (χ0n) is 5.81. The molecular weight excluding hydrogens is 150 g/mol. The van der Waals surface area contributed by atoms with E-state index in [1.165, 1.54) is 6.26 Å². The number of carboxylic acid groups (broad SMARTS) is 1. The fraction of sp³-hybridized carbons (Fsp3) is 0.333. The van der Waals surface area contributed by atoms with Crippen LogP contribution in [0.5, 0.6) is 0 Å². The highest BCUT2D eigenvalue weighted by molar-refractivity contribution is 5.72. The Morgan fingerprint density at radius 3 is 2.82 bits per heavy atom. The lowest BCUT2D eigenvalue weighted by Gasteiger charge is -1.96. The van der Waals surface area contributed by atoms with Gasteiger partial charge in [0.1, 0.15) is 6.26 Å². The van der Waals surface area contributed by atoms with E-state index in [2.05, 4.69) is 9.40 Å². The topological polar surface area (TPSA) is 83.6 Å². The van der Waals surface area contributed by atoms with Crippen LogP contribution < -0.4 is 0 Å². The van der Waals surface area contributed by atoms with Crippen molar-refractivity contribution in [3.63, 3.8) is 0 Å². The number of aliphatic hydroxyl groups is 1. The van der Waals surface area contributed by atoms with Gasteiger partial charge in [0.25, 0.3) is 0 Å². The van der Waals surface area contributed by atoms with Gasteiger partial charge in [0.2, 0.25) is 12.0 Å². The van der Waals surface area contributed by atoms with Crippen molar-refractivity contribution in [3.05, 3.63) is 17.8 Å². The molecule has 0 aliphatic heterocycles. The number of nitrogens with zero attached hydrogens (tertiary/aromatic N) is 1. The number of rotatable bonds is 2. The second kappa shape index (κ2) is 2.71. The van der Waals surface area contributed by atoms with Gasteiger partial charge in [0.05, 0.1) is 5.69 Å². The summed E-state index contributed by atoms with van der Waals surface area (Å²) in [5.41, 5.74) is 0.542. The van der Waals surface area contributed by atoms with E-state index >= 15 is 0 Å². The maximum atomic E-state index is 10.2. The van der Waals surface area contributed by atoms with Crippen LogP contribution in [0.15, 0.2) is 10.7 Å². The summed E-state index contributed by atoms with van der Waals surface area (Å²) in [6, 6.07) is 0. The number of carboxylic acids is 1. The second-order valence-corrected chi connectivity index (χ2v) is 2.07. The minimum Gasteiger partial charge on any atom is -0.479 e. The van der Waals surface area contributed by atoms with E-state index in [0.29, 0.717) is 5.69 Å². The van der Waals surface area contributed by atoms with Gasteiger partial charge in [-0.3, -0.25) is 0 Å². The molecule has 5 heteroatoms. The third-order valence-electron chi connectivity index (χ3n) is 1.10. The molecule has 0 aliphatic rings. The Bertz CT molecular complexity index is 267. The highest BCUT2D eigenvalue weighted by Crippen LogP contribution is 2.11. The van der Waals surface area contributed by atoms with E-state index in [9.17, 15) is 4.79 Å². The van der Waals surface area contributed by atoms with E-state index < -0.39 is 12.1 Å². The molecule has 1 unspecified atom stereocenters. The first kappa shape index (κ1) is 7.74. The molecule has 1 rings (SSSR count). The van der Waals surface area contributed by atoms with Gasteiger partial charge < -0.3 is 14.6 Å². The standard InChI is InChI=1S/C6H7NO4/c1-3-2-11-5(7-3)4(8)6(9)10/h2,4,8H,1H3,(H,9,10). The molecule has 0 spiro atoms. The van der Waals surface area contributed by atoms with Crippen LogP contribution in [0, 0.1) is 6.92 Å². The van der Waals surface area contributed by atoms with Crippen molar-refractivity contribution in [1.29, 1.82) is 0 Å². The molecule has 1 aromatic heterocycles. The Kier molecular flexibility index (Phi) is 1.91. The molecule has 0 aliphatic carbocycles. The van der Waals surface area contributed by atoms with Gasteiger partial charge >= 0.3 is 5.97 Å². The zero-order chi connectivity index (χ0) is 8.43. The fourth-order valence-electron chi connectivity index (χ4n) is 0.603. The number of aryl methyl sites for hydroxylation is 1. The van der Waals surface area contributed by atoms with Crippen LogP contribution in [0.25, 0.3) is 0 Å². The lowest BCUT2D eigenvalue weighted by atomic mass is 10.4. The summed E-state index contributed by atoms with van der Waals surface area (Å²) < 4.78 is 4.65. The smallest absolute Gasteiger partial charge is 0.342 e. The summed E-state index contributed by atoms with van der Waals surface area (Å²) in [7, 11) is 0. The molecule has 0 aromatic carbocycles. The SMILES string of the molecule is Cc1coc(C(O)C(=O)O)n1. The average molecular weight is 157 g/mol. The number of oxazole rings is 1. The van der Waals surface area contributed by atoms with E-state index in [1.807, 2.05) is 0 Å². The second-order valence-electron chi connectivity index (χ2n) is 2.07. The summed E-state index contributed by atoms with van der Waals surface area (Å²) >= 11 is 0. The molecule has 1 aromatic rings. The Hall–Kier alpha value is -1.36. The number of hydrogen-bond donors (Lipinski definition) is 2. The molecule has 1 atom stereocenters. The summed E-state index contributed by atoms with van der Waals surface area (Å²) in [6.07, 6.45) is -0.384. The monoisotopic (exact) mass is 157 g/mol. The number of aliphatic hydroxyl groups excluding tert-OH is 1. The van der Waals surface area contributed by atoms with Crippen LogP contribution >= 0.6 is 0 Å². The van der Waals surface area contributed by atoms with Gasteiger partial charge in [0, 0.05) is 0 Å². The zero-order valence-corrected chi connectivity index (χ0v) is 5.81. The predicted molar refractivity (Wildman–Crippen MR) is 33.8 cm³/mol. The minimum atomic E-state index is -1.66. The summed E-state index contributed by atoms with van der Waals surface area (Å²) in [5, 5.41) is 17.2. The van der Waals surface area contributed by atoms with Crippen LogP contribution in [0.3, 0.4) is 0 Å². The Morgan fingerprint density at radius 1 is 1.82 bits per heavy atom. The fourth-order valence-corrected chi connectivity index (χ4v) is 0.603. The van der Waals surface area contributed by atoms with Crippen LogP contribution in [-0.4, -0.2) is 21.2 Å². The first-order valence-electron chi connectivity index (χ1n) is 2.94. The van der Waals surface area contributed by atoms with Crippen molar-refractivity contribution in [2.75, 3.05) is 0 Å². The number of aromatic nitrogens is 1. The summed E-state index contributed by atoms with van der Waals surface area (Å²) in [5.74, 6) is -1.55. The molecule has 11 heavy (non-hydrogen) atoms. The molecule has 0 radical (unpaired) electrons. The maximum Gasteiger partial charge on any atom is 0.342 e. The third-order valence-corrected chi connectivity index (χ3v) is 1.10. The normalized spacial score (nSPS) is 12.9. The molecular formula is C6H7NO4. The molecule has 0 amide bonds. The molecule has 2 N–H and O–H groups in total. The molecule has 0 bridgehead atoms. The molecule has 60 valence electrons. The van der Waals surface area contributed by atoms with Gasteiger partial charge in [0.15, 0.2) is 0 Å². The van der Waals surface area contributed by atoms with Crippen molar-refractivity contribution in [1.82, 2.24) is 4.98 Å². The molecule has 5 nitrogen and oxygen atoms in total. The Labute approximate surface area is 62.3 Å². The van der Waals surface area contributed by atoms with Crippen LogP contribution in [0.1, 0.15) is 17.7 Å². The molecule has 0 saturated heterocycles. The third kappa shape index (κ3) is 1.56. The first-order valence-corrected chi connectivity index (χ1v) is 2.94. The quantitative estimate of drug-likeness (QED) is 0.636. The van der Waals surface area contributed by atoms with Gasteiger partial charge in [-0.2, -0.15) is 0 Å². The average Bonchev–Trinajstić information content (AvgIpc) is 2.34. The lowest BCUT2D eigenvalue weighted by Crippen LogP contribution is -2.10. The van der Waals surface area contributed by atoms with Crippen molar-refractivity contribution >= 4 is 5.97 Å². The van der Waals surface area contributed by atoms with Crippen molar-refractivity contribution in [3.8, 4) is 0 Å². The van der Waals surface area contributed by atoms with E-state index in [1.54, 1.807) is 6.92 Å². The largest absolute Gasteiger partial charge is 0.479 e. The molecule has 0 fully saturated rings. The minimum absolute atomic E-state index is 0.185. The van der Waals surface area contributed by atoms with Crippen molar-refractivity contribution < 1.29 is 19.4 Å². The van der Waals surface area contributed by atoms with E-state index in [4.69, 9.17) is 10.2 Å². The van der Waals surface area contributed by atoms with Crippen LogP contribution in [0.2, 0.25) is 0 Å². The molecule has 0 saturated carbocycles. The van der Waals surface area contributed by atoms with Crippen molar-refractivity contribution in [2.45, 2.75) is 13.0 Å². The number of carbonyl (C=O) groups is 1. The van der Waals surface area contributed by atoms with Crippen LogP contribution in [0.4, 0.5) is 0 Å². The molecule has 1 heterocycles. The van der Waals surface area contributed by atoms with Crippen LogP contribution in [-0.2, 0) is 4.79 Å². The first-order chi connectivity index (χ1) is 5.11. The van der Waals surface area contributed by atoms with Gasteiger partial charge in [-0.25, -0.2) is 9.78 Å². The lowest BCUT2D eigenvalue weighted by molar-refractivity contribution is -0.148. The van der Waals surface area contributed by atoms with E-state index in [0.717, 1.165) is 0 Å². The summed E-state index contributed by atoms with van der Waals surface area (Å²) in [6.45, 7) is 1.64. The highest BCUT2D eigenvalue weighted by Gasteiger charge is 2.20. The maximum absolute atomic E-state index is 10.2. The Morgan fingerprint density at radius 2 is 2.45 bits per heavy atom. The van der Waals surface area contributed by atoms with Gasteiger partial charge in [-0.05, 0) is 6.92 Å². The summed E-state index contributed by atoms with van der Waals surface area (Å²) in [4.78, 5) is 13.8. The number of aliphatic carboxylic acids is 1. The van der Waals surface area contributed by atoms with Gasteiger partial charge in [-0.15, -0.1) is 0 Å². The Balaban J connectivity index is 2.84.